The van der Waals surface area contributed by atoms with Gasteiger partial charge in [-0.3, -0.25) is 0 Å². The zero-order chi connectivity index (χ0) is 8.43. The highest BCUT2D eigenvalue weighted by Gasteiger charge is 2.04. The lowest BCUT2D eigenvalue weighted by atomic mass is 10.2. The first kappa shape index (κ1) is 9.98. The van der Waals surface area contributed by atoms with Gasteiger partial charge in [-0.15, -0.1) is 11.6 Å². The summed E-state index contributed by atoms with van der Waals surface area (Å²) in [7, 11) is 0. The Balaban J connectivity index is 3.24. The highest BCUT2D eigenvalue weighted by Crippen LogP contribution is 2.22. The van der Waals surface area contributed by atoms with Crippen LogP contribution in [0.3, 0.4) is 0 Å². The first-order valence-electron chi connectivity index (χ1n) is 2.84. The van der Waals surface area contributed by atoms with Crippen molar-refractivity contribution in [1.29, 1.82) is 0 Å². The van der Waals surface area contributed by atoms with Crippen molar-refractivity contribution in [2.24, 2.45) is 0 Å². The molecule has 1 rings (SSSR count). The third-order valence-corrected chi connectivity index (χ3v) is 4.66. The van der Waals surface area contributed by atoms with E-state index in [9.17, 15) is 4.39 Å². The van der Waals surface area contributed by atoms with E-state index in [1.165, 1.54) is 12.1 Å². The van der Waals surface area contributed by atoms with Crippen molar-refractivity contribution in [3.05, 3.63) is 30.7 Å². The van der Waals surface area contributed by atoms with E-state index in [1.807, 2.05) is 0 Å². The Morgan fingerprint density at radius 2 is 2.00 bits per heavy atom. The van der Waals surface area contributed by atoms with Gasteiger partial charge in [0.1, 0.15) is 5.82 Å². The van der Waals surface area contributed by atoms with E-state index >= 15 is 0 Å². The van der Waals surface area contributed by atoms with Crippen LogP contribution in [0.5, 0.6) is 0 Å². The number of halogens is 4. The van der Waals surface area contributed by atoms with Crippen LogP contribution in [0.15, 0.2) is 12.1 Å². The SMILES string of the molecule is Fc1cc(I)c(I)c(CCl)c1. The minimum atomic E-state index is -0.217. The van der Waals surface area contributed by atoms with Crippen molar-refractivity contribution in [2.45, 2.75) is 5.88 Å². The van der Waals surface area contributed by atoms with Gasteiger partial charge in [-0.1, -0.05) is 0 Å². The molecule has 0 nitrogen and oxygen atoms in total. The van der Waals surface area contributed by atoms with Crippen LogP contribution in [-0.2, 0) is 5.88 Å². The van der Waals surface area contributed by atoms with Gasteiger partial charge in [0.25, 0.3) is 0 Å². The molecule has 60 valence electrons. The lowest BCUT2D eigenvalue weighted by Crippen LogP contribution is -1.90. The largest absolute Gasteiger partial charge is 0.207 e. The summed E-state index contributed by atoms with van der Waals surface area (Å²) in [5.74, 6) is 0.150. The molecule has 0 fully saturated rings. The minimum absolute atomic E-state index is 0.217. The predicted octanol–water partition coefficient (Wildman–Crippen LogP) is 3.77. The molecule has 0 atom stereocenters. The highest BCUT2D eigenvalue weighted by molar-refractivity contribution is 14.1. The van der Waals surface area contributed by atoms with Crippen LogP contribution in [0.25, 0.3) is 0 Å². The van der Waals surface area contributed by atoms with Crippen LogP contribution in [0, 0.1) is 13.0 Å². The molecule has 0 unspecified atom stereocenters. The molecule has 0 saturated carbocycles. The highest BCUT2D eigenvalue weighted by atomic mass is 127. The maximum Gasteiger partial charge on any atom is 0.124 e. The Bertz CT molecular complexity index is 275. The third-order valence-electron chi connectivity index (χ3n) is 1.21. The molecule has 0 aliphatic carbocycles. The zero-order valence-corrected chi connectivity index (χ0v) is 10.4. The van der Waals surface area contributed by atoms with Crippen LogP contribution in [0.1, 0.15) is 5.56 Å². The molecule has 0 radical (unpaired) electrons. The van der Waals surface area contributed by atoms with Crippen LogP contribution < -0.4 is 0 Å². The molecule has 0 bridgehead atoms. The monoisotopic (exact) mass is 396 g/mol. The average Bonchev–Trinajstić information content (AvgIpc) is 1.96. The first-order chi connectivity index (χ1) is 5.15. The molecule has 0 N–H and O–H groups in total. The summed E-state index contributed by atoms with van der Waals surface area (Å²) in [5.41, 5.74) is 0.858. The van der Waals surface area contributed by atoms with Gasteiger partial charge in [-0.05, 0) is 62.9 Å². The summed E-state index contributed by atoms with van der Waals surface area (Å²) >= 11 is 9.86. The molecule has 1 aromatic rings. The van der Waals surface area contributed by atoms with Gasteiger partial charge in [-0.2, -0.15) is 0 Å². The standard InChI is InChI=1S/C7H4ClFI2/c8-3-4-1-5(9)2-6(10)7(4)11/h1-2H,3H2. The summed E-state index contributed by atoms with van der Waals surface area (Å²) in [6.07, 6.45) is 0. The number of benzene rings is 1. The van der Waals surface area contributed by atoms with E-state index < -0.39 is 0 Å². The fraction of sp³-hybridized carbons (Fsp3) is 0.143. The molecule has 0 saturated heterocycles. The second-order valence-corrected chi connectivity index (χ2v) is 4.50. The van der Waals surface area contributed by atoms with E-state index in [0.29, 0.717) is 5.88 Å². The molecule has 11 heavy (non-hydrogen) atoms. The summed E-state index contributed by atoms with van der Waals surface area (Å²) < 4.78 is 14.7. The summed E-state index contributed by atoms with van der Waals surface area (Å²) in [6.45, 7) is 0. The second-order valence-electron chi connectivity index (χ2n) is 1.99. The lowest BCUT2D eigenvalue weighted by molar-refractivity contribution is 0.625. The van der Waals surface area contributed by atoms with Crippen LogP contribution >= 0.6 is 56.8 Å². The molecule has 0 amide bonds. The van der Waals surface area contributed by atoms with Gasteiger partial charge < -0.3 is 0 Å². The summed E-state index contributed by atoms with van der Waals surface area (Å²) in [6, 6.07) is 2.97. The smallest absolute Gasteiger partial charge is 0.124 e. The quantitative estimate of drug-likeness (QED) is 0.385. The van der Waals surface area contributed by atoms with E-state index in [-0.39, 0.29) is 5.82 Å². The van der Waals surface area contributed by atoms with E-state index in [0.717, 1.165) is 12.7 Å². The van der Waals surface area contributed by atoms with E-state index in [4.69, 9.17) is 11.6 Å². The predicted molar refractivity (Wildman–Crippen MR) is 61.4 cm³/mol. The van der Waals surface area contributed by atoms with Crippen molar-refractivity contribution < 1.29 is 4.39 Å². The molecular weight excluding hydrogens is 392 g/mol. The molecule has 1 aromatic carbocycles. The Morgan fingerprint density at radius 1 is 1.36 bits per heavy atom. The Kier molecular flexibility index (Phi) is 3.84. The van der Waals surface area contributed by atoms with Gasteiger partial charge in [-0.25, -0.2) is 4.39 Å². The molecule has 0 heterocycles. The van der Waals surface area contributed by atoms with Gasteiger partial charge in [0.2, 0.25) is 0 Å². The zero-order valence-electron chi connectivity index (χ0n) is 5.37. The number of alkyl halides is 1. The van der Waals surface area contributed by atoms with Gasteiger partial charge in [0.15, 0.2) is 0 Å². The maximum atomic E-state index is 12.7. The summed E-state index contributed by atoms with van der Waals surface area (Å²) in [5, 5.41) is 0. The first-order valence-corrected chi connectivity index (χ1v) is 5.53. The molecule has 0 aliphatic rings. The number of hydrogen-bond acceptors (Lipinski definition) is 0. The Labute approximate surface area is 96.8 Å². The van der Waals surface area contributed by atoms with Gasteiger partial charge in [0.05, 0.1) is 0 Å². The van der Waals surface area contributed by atoms with Crippen molar-refractivity contribution >= 4 is 56.8 Å². The lowest BCUT2D eigenvalue weighted by Gasteiger charge is -2.02. The molecule has 4 heteroatoms. The third kappa shape index (κ3) is 2.42. The van der Waals surface area contributed by atoms with Crippen molar-refractivity contribution in [1.82, 2.24) is 0 Å². The van der Waals surface area contributed by atoms with Crippen molar-refractivity contribution in [3.8, 4) is 0 Å². The maximum absolute atomic E-state index is 12.7. The van der Waals surface area contributed by atoms with Crippen LogP contribution in [-0.4, -0.2) is 0 Å². The van der Waals surface area contributed by atoms with Gasteiger partial charge >= 0.3 is 0 Å². The summed E-state index contributed by atoms with van der Waals surface area (Å²) in [4.78, 5) is 0. The van der Waals surface area contributed by atoms with Crippen LogP contribution in [0.2, 0.25) is 0 Å². The van der Waals surface area contributed by atoms with E-state index in [1.54, 1.807) is 0 Å². The normalized spacial score (nSPS) is 10.2. The molecule has 0 spiro atoms. The topological polar surface area (TPSA) is 0 Å². The molecule has 0 aromatic heterocycles. The number of rotatable bonds is 1. The van der Waals surface area contributed by atoms with Crippen molar-refractivity contribution in [3.63, 3.8) is 0 Å². The fourth-order valence-electron chi connectivity index (χ4n) is 0.707. The minimum Gasteiger partial charge on any atom is -0.207 e. The number of hydrogen-bond donors (Lipinski definition) is 0. The van der Waals surface area contributed by atoms with E-state index in [2.05, 4.69) is 45.2 Å². The second kappa shape index (κ2) is 4.23. The average molecular weight is 396 g/mol. The molecule has 0 aliphatic heterocycles. The van der Waals surface area contributed by atoms with Gasteiger partial charge in [0, 0.05) is 13.0 Å². The van der Waals surface area contributed by atoms with Crippen molar-refractivity contribution in [2.75, 3.05) is 0 Å². The Morgan fingerprint density at radius 3 is 2.55 bits per heavy atom. The van der Waals surface area contributed by atoms with Crippen LogP contribution in [0.4, 0.5) is 4.39 Å². The Hall–Kier alpha value is 0.900. The fourth-order valence-corrected chi connectivity index (χ4v) is 2.29. The molecular formula is C7H4ClFI2.